The first-order valence-corrected chi connectivity index (χ1v) is 14.0. The standard InChI is InChI=1S/C29H27NO5S/c1-36(32,33)23-12-10-19(11-13-23)20-14-21-16-34-17-22(15-20)30(21)29(31)35-18-28-26-8-4-2-6-24(26)25-7-3-5-9-27(25)28/h2-14,21-22,28H,15-18H2,1H3. The number of sulfone groups is 1. The van der Waals surface area contributed by atoms with Gasteiger partial charge in [0.05, 0.1) is 30.2 Å². The fraction of sp³-hybridized carbons (Fsp3) is 0.276. The van der Waals surface area contributed by atoms with Crippen LogP contribution in [0.3, 0.4) is 0 Å². The molecule has 6 rings (SSSR count). The van der Waals surface area contributed by atoms with Crippen LogP contribution in [0.2, 0.25) is 0 Å². The van der Waals surface area contributed by atoms with E-state index in [1.807, 2.05) is 47.4 Å². The summed E-state index contributed by atoms with van der Waals surface area (Å²) in [5.41, 5.74) is 6.84. The lowest BCUT2D eigenvalue weighted by Crippen LogP contribution is -2.56. The maximum absolute atomic E-state index is 13.3. The maximum atomic E-state index is 13.3. The summed E-state index contributed by atoms with van der Waals surface area (Å²) in [6, 6.07) is 23.2. The summed E-state index contributed by atoms with van der Waals surface area (Å²) >= 11 is 0. The minimum Gasteiger partial charge on any atom is -0.448 e. The summed E-state index contributed by atoms with van der Waals surface area (Å²) in [7, 11) is -3.24. The number of hydrogen-bond donors (Lipinski definition) is 0. The highest BCUT2D eigenvalue weighted by Crippen LogP contribution is 2.44. The molecule has 36 heavy (non-hydrogen) atoms. The van der Waals surface area contributed by atoms with Gasteiger partial charge in [0.25, 0.3) is 0 Å². The van der Waals surface area contributed by atoms with Crippen molar-refractivity contribution in [2.45, 2.75) is 29.3 Å². The largest absolute Gasteiger partial charge is 0.448 e. The van der Waals surface area contributed by atoms with E-state index in [0.29, 0.717) is 24.5 Å². The molecule has 184 valence electrons. The Balaban J connectivity index is 1.20. The molecule has 1 fully saturated rings. The van der Waals surface area contributed by atoms with Gasteiger partial charge in [-0.3, -0.25) is 4.90 Å². The van der Waals surface area contributed by atoms with Crippen LogP contribution in [0.1, 0.15) is 29.0 Å². The van der Waals surface area contributed by atoms with Crippen LogP contribution in [0.5, 0.6) is 0 Å². The van der Waals surface area contributed by atoms with Crippen LogP contribution < -0.4 is 0 Å². The number of carbonyl (C=O) groups is 1. The number of rotatable bonds is 4. The molecule has 0 radical (unpaired) electrons. The van der Waals surface area contributed by atoms with Gasteiger partial charge >= 0.3 is 6.09 Å². The van der Waals surface area contributed by atoms with E-state index in [4.69, 9.17) is 9.47 Å². The predicted octanol–water partition coefficient (Wildman–Crippen LogP) is 4.90. The molecular weight excluding hydrogens is 474 g/mol. The molecule has 0 aromatic heterocycles. The fourth-order valence-electron chi connectivity index (χ4n) is 5.68. The van der Waals surface area contributed by atoms with Crippen LogP contribution in [0.25, 0.3) is 16.7 Å². The van der Waals surface area contributed by atoms with E-state index in [1.54, 1.807) is 12.1 Å². The van der Waals surface area contributed by atoms with Crippen LogP contribution in [-0.4, -0.2) is 57.6 Å². The zero-order valence-corrected chi connectivity index (χ0v) is 20.8. The molecule has 0 N–H and O–H groups in total. The van der Waals surface area contributed by atoms with Gasteiger partial charge in [-0.1, -0.05) is 66.7 Å². The summed E-state index contributed by atoms with van der Waals surface area (Å²) in [6.45, 7) is 1.14. The van der Waals surface area contributed by atoms with E-state index >= 15 is 0 Å². The zero-order chi connectivity index (χ0) is 24.9. The molecule has 1 saturated heterocycles. The zero-order valence-electron chi connectivity index (χ0n) is 20.0. The van der Waals surface area contributed by atoms with Crippen LogP contribution >= 0.6 is 0 Å². The second-order valence-corrected chi connectivity index (χ2v) is 11.7. The third-order valence-corrected chi connectivity index (χ3v) is 8.53. The monoisotopic (exact) mass is 501 g/mol. The van der Waals surface area contributed by atoms with Gasteiger partial charge in [-0.05, 0) is 51.9 Å². The van der Waals surface area contributed by atoms with Crippen LogP contribution in [-0.2, 0) is 19.3 Å². The number of morpholine rings is 1. The Labute approximate surface area is 211 Å². The Bertz CT molecular complexity index is 1420. The van der Waals surface area contributed by atoms with Crippen molar-refractivity contribution in [3.05, 3.63) is 95.6 Å². The van der Waals surface area contributed by atoms with Gasteiger partial charge in [-0.2, -0.15) is 0 Å². The predicted molar refractivity (Wildman–Crippen MR) is 137 cm³/mol. The second kappa shape index (κ2) is 8.91. The minimum atomic E-state index is -3.24. The lowest BCUT2D eigenvalue weighted by molar-refractivity contribution is -0.0331. The molecule has 2 heterocycles. The number of hydrogen-bond acceptors (Lipinski definition) is 5. The van der Waals surface area contributed by atoms with Crippen molar-refractivity contribution >= 4 is 21.5 Å². The molecule has 2 aliphatic heterocycles. The first-order valence-electron chi connectivity index (χ1n) is 12.1. The summed E-state index contributed by atoms with van der Waals surface area (Å²) < 4.78 is 35.3. The molecule has 2 unspecified atom stereocenters. The normalized spacial score (nSPS) is 20.9. The molecule has 3 aromatic rings. The molecule has 6 nitrogen and oxygen atoms in total. The third kappa shape index (κ3) is 4.02. The summed E-state index contributed by atoms with van der Waals surface area (Å²) in [5.74, 6) is 0.0155. The highest BCUT2D eigenvalue weighted by molar-refractivity contribution is 7.90. The lowest BCUT2D eigenvalue weighted by atomic mass is 9.90. The second-order valence-electron chi connectivity index (χ2n) is 9.66. The van der Waals surface area contributed by atoms with Crippen molar-refractivity contribution in [2.75, 3.05) is 26.1 Å². The minimum absolute atomic E-state index is 0.0155. The summed E-state index contributed by atoms with van der Waals surface area (Å²) in [5, 5.41) is 0. The van der Waals surface area contributed by atoms with Gasteiger partial charge < -0.3 is 9.47 Å². The third-order valence-electron chi connectivity index (χ3n) is 7.40. The van der Waals surface area contributed by atoms with Crippen molar-refractivity contribution in [2.24, 2.45) is 0 Å². The molecule has 2 atom stereocenters. The van der Waals surface area contributed by atoms with Gasteiger partial charge in [0.15, 0.2) is 9.84 Å². The Morgan fingerprint density at radius 1 is 0.944 bits per heavy atom. The first kappa shape index (κ1) is 23.0. The van der Waals surface area contributed by atoms with Crippen LogP contribution in [0.15, 0.2) is 83.8 Å². The first-order chi connectivity index (χ1) is 17.4. The van der Waals surface area contributed by atoms with E-state index in [-0.39, 0.29) is 30.7 Å². The molecule has 2 bridgehead atoms. The van der Waals surface area contributed by atoms with E-state index in [1.165, 1.54) is 28.5 Å². The molecule has 3 aliphatic rings. The van der Waals surface area contributed by atoms with Crippen molar-refractivity contribution in [1.29, 1.82) is 0 Å². The molecule has 3 aromatic carbocycles. The Morgan fingerprint density at radius 3 is 2.19 bits per heavy atom. The molecule has 7 heteroatoms. The summed E-state index contributed by atoms with van der Waals surface area (Å²) in [6.07, 6.45) is 3.55. The Kier molecular flexibility index (Phi) is 5.69. The maximum Gasteiger partial charge on any atom is 0.410 e. The fourth-order valence-corrected chi connectivity index (χ4v) is 6.31. The van der Waals surface area contributed by atoms with Crippen LogP contribution in [0.4, 0.5) is 4.79 Å². The molecular formula is C29H27NO5S. The Hall–Kier alpha value is -3.42. The van der Waals surface area contributed by atoms with E-state index in [9.17, 15) is 13.2 Å². The van der Waals surface area contributed by atoms with E-state index < -0.39 is 9.84 Å². The van der Waals surface area contributed by atoms with E-state index in [0.717, 1.165) is 11.1 Å². The number of fused-ring (bicyclic) bond motifs is 5. The Morgan fingerprint density at radius 2 is 1.58 bits per heavy atom. The number of amides is 1. The van der Waals surface area contributed by atoms with Crippen LogP contribution in [0, 0.1) is 0 Å². The lowest BCUT2D eigenvalue weighted by Gasteiger charge is -2.44. The SMILES string of the molecule is CS(=O)(=O)c1ccc(C2=CC3COCC(C2)N3C(=O)OCC2c3ccccc3-c3ccccc32)cc1. The number of carbonyl (C=O) groups excluding carboxylic acids is 1. The van der Waals surface area contributed by atoms with Gasteiger partial charge in [0.1, 0.15) is 6.61 Å². The van der Waals surface area contributed by atoms with Gasteiger partial charge in [-0.15, -0.1) is 0 Å². The van der Waals surface area contributed by atoms with Gasteiger partial charge in [0, 0.05) is 12.2 Å². The molecule has 1 aliphatic carbocycles. The number of ether oxygens (including phenoxy) is 2. The average molecular weight is 502 g/mol. The highest BCUT2D eigenvalue weighted by Gasteiger charge is 2.40. The topological polar surface area (TPSA) is 72.9 Å². The van der Waals surface area contributed by atoms with Crippen molar-refractivity contribution in [3.8, 4) is 11.1 Å². The number of benzene rings is 3. The van der Waals surface area contributed by atoms with Gasteiger partial charge in [0.2, 0.25) is 0 Å². The summed E-state index contributed by atoms with van der Waals surface area (Å²) in [4.78, 5) is 15.5. The highest BCUT2D eigenvalue weighted by atomic mass is 32.2. The molecule has 0 spiro atoms. The molecule has 1 amide bonds. The van der Waals surface area contributed by atoms with Crippen molar-refractivity contribution < 1.29 is 22.7 Å². The number of nitrogens with zero attached hydrogens (tertiary/aromatic N) is 1. The van der Waals surface area contributed by atoms with E-state index in [2.05, 4.69) is 24.3 Å². The van der Waals surface area contributed by atoms with Crippen molar-refractivity contribution in [3.63, 3.8) is 0 Å². The van der Waals surface area contributed by atoms with Gasteiger partial charge in [-0.25, -0.2) is 13.2 Å². The quantitative estimate of drug-likeness (QED) is 0.509. The smallest absolute Gasteiger partial charge is 0.410 e. The average Bonchev–Trinajstić information content (AvgIpc) is 3.20. The molecule has 0 saturated carbocycles. The van der Waals surface area contributed by atoms with Crippen molar-refractivity contribution in [1.82, 2.24) is 4.90 Å².